The molecule has 0 fully saturated rings. The molecule has 1 amide bonds. The highest BCUT2D eigenvalue weighted by Crippen LogP contribution is 2.11. The number of amides is 1. The van der Waals surface area contributed by atoms with Crippen molar-refractivity contribution in [3.05, 3.63) is 35.9 Å². The van der Waals surface area contributed by atoms with Crippen LogP contribution in [0.25, 0.3) is 0 Å². The highest BCUT2D eigenvalue weighted by Gasteiger charge is 2.24. The number of nitrogens with one attached hydrogen (secondary N) is 1. The molecule has 0 bridgehead atoms. The molecule has 4 nitrogen and oxygen atoms in total. The SMILES string of the molecule is CC(C)(C)OC(=O)N[C@@H](Cc1ccccc1)[C@H](O)CI. The standard InChI is InChI=1S/C15H22INO3/c1-15(2,3)20-14(19)17-12(13(18)10-16)9-11-7-5-4-6-8-11/h4-8,12-13,18H,9-10H2,1-3H3,(H,17,19)/t12-,13+/m0/s1. The lowest BCUT2D eigenvalue weighted by molar-refractivity contribution is 0.0443. The summed E-state index contributed by atoms with van der Waals surface area (Å²) >= 11 is 2.10. The van der Waals surface area contributed by atoms with Gasteiger partial charge in [-0.3, -0.25) is 0 Å². The minimum atomic E-state index is -0.608. The Kier molecular flexibility index (Phi) is 6.75. The largest absolute Gasteiger partial charge is 0.444 e. The van der Waals surface area contributed by atoms with Crippen molar-refractivity contribution < 1.29 is 14.6 Å². The van der Waals surface area contributed by atoms with Gasteiger partial charge in [0.15, 0.2) is 0 Å². The number of hydrogen-bond acceptors (Lipinski definition) is 3. The van der Waals surface area contributed by atoms with Crippen LogP contribution in [0, 0.1) is 0 Å². The Labute approximate surface area is 134 Å². The normalized spacial score (nSPS) is 14.4. The van der Waals surface area contributed by atoms with Gasteiger partial charge >= 0.3 is 6.09 Å². The molecule has 2 N–H and O–H groups in total. The second-order valence-corrected chi connectivity index (χ2v) is 6.54. The highest BCUT2D eigenvalue weighted by molar-refractivity contribution is 14.1. The Morgan fingerprint density at radius 2 is 1.95 bits per heavy atom. The molecular weight excluding hydrogens is 369 g/mol. The first kappa shape index (κ1) is 17.2. The summed E-state index contributed by atoms with van der Waals surface area (Å²) in [5.74, 6) is 0. The summed E-state index contributed by atoms with van der Waals surface area (Å²) in [6, 6.07) is 9.42. The lowest BCUT2D eigenvalue weighted by atomic mass is 10.0. The maximum Gasteiger partial charge on any atom is 0.407 e. The number of carbonyl (C=O) groups excluding carboxylic acids is 1. The van der Waals surface area contributed by atoms with Crippen molar-refractivity contribution in [3.63, 3.8) is 0 Å². The number of alkyl carbamates (subject to hydrolysis) is 1. The minimum Gasteiger partial charge on any atom is -0.444 e. The van der Waals surface area contributed by atoms with E-state index in [1.807, 2.05) is 51.1 Å². The first-order valence-electron chi connectivity index (χ1n) is 6.59. The van der Waals surface area contributed by atoms with Gasteiger partial charge < -0.3 is 15.2 Å². The number of rotatable bonds is 5. The molecular formula is C15H22INO3. The van der Waals surface area contributed by atoms with Crippen LogP contribution < -0.4 is 5.32 Å². The zero-order valence-corrected chi connectivity index (χ0v) is 14.3. The topological polar surface area (TPSA) is 58.6 Å². The molecule has 2 atom stereocenters. The molecule has 5 heteroatoms. The van der Waals surface area contributed by atoms with Crippen molar-refractivity contribution in [3.8, 4) is 0 Å². The number of benzene rings is 1. The molecule has 0 aromatic heterocycles. The third-order valence-corrected chi connectivity index (χ3v) is 3.53. The van der Waals surface area contributed by atoms with Crippen molar-refractivity contribution in [2.75, 3.05) is 4.43 Å². The van der Waals surface area contributed by atoms with Crippen molar-refractivity contribution in [2.45, 2.75) is 44.9 Å². The molecule has 0 aliphatic heterocycles. The van der Waals surface area contributed by atoms with E-state index < -0.39 is 17.8 Å². The van der Waals surface area contributed by atoms with Gasteiger partial charge in [-0.2, -0.15) is 0 Å². The van der Waals surface area contributed by atoms with E-state index in [9.17, 15) is 9.90 Å². The van der Waals surface area contributed by atoms with E-state index in [4.69, 9.17) is 4.74 Å². The monoisotopic (exact) mass is 391 g/mol. The second kappa shape index (κ2) is 7.83. The van der Waals surface area contributed by atoms with E-state index in [-0.39, 0.29) is 6.04 Å². The third-order valence-electron chi connectivity index (χ3n) is 2.62. The fraction of sp³-hybridized carbons (Fsp3) is 0.533. The summed E-state index contributed by atoms with van der Waals surface area (Å²) < 4.78 is 5.78. The summed E-state index contributed by atoms with van der Waals surface area (Å²) in [6.07, 6.45) is -0.532. The molecule has 1 aromatic rings. The predicted molar refractivity (Wildman–Crippen MR) is 88.2 cm³/mol. The van der Waals surface area contributed by atoms with Crippen LogP contribution >= 0.6 is 22.6 Å². The molecule has 112 valence electrons. The lowest BCUT2D eigenvalue weighted by Crippen LogP contribution is -2.47. The molecule has 0 spiro atoms. The Morgan fingerprint density at radius 1 is 1.35 bits per heavy atom. The van der Waals surface area contributed by atoms with Crippen LogP contribution in [-0.2, 0) is 11.2 Å². The fourth-order valence-corrected chi connectivity index (χ4v) is 2.33. The van der Waals surface area contributed by atoms with Gasteiger partial charge in [-0.05, 0) is 32.8 Å². The van der Waals surface area contributed by atoms with Crippen molar-refractivity contribution >= 4 is 28.7 Å². The van der Waals surface area contributed by atoms with E-state index in [1.54, 1.807) is 0 Å². The van der Waals surface area contributed by atoms with Gasteiger partial charge in [0.2, 0.25) is 0 Å². The Bertz CT molecular complexity index is 417. The Hall–Kier alpha value is -0.820. The molecule has 20 heavy (non-hydrogen) atoms. The van der Waals surface area contributed by atoms with E-state index in [0.717, 1.165) is 5.56 Å². The Balaban J connectivity index is 2.68. The van der Waals surface area contributed by atoms with E-state index in [2.05, 4.69) is 27.9 Å². The van der Waals surface area contributed by atoms with Gasteiger partial charge in [0.25, 0.3) is 0 Å². The number of alkyl halides is 1. The average molecular weight is 391 g/mol. The summed E-state index contributed by atoms with van der Waals surface area (Å²) in [7, 11) is 0. The van der Waals surface area contributed by atoms with Crippen LogP contribution in [0.2, 0.25) is 0 Å². The van der Waals surface area contributed by atoms with Gasteiger partial charge in [-0.15, -0.1) is 0 Å². The molecule has 0 radical (unpaired) electrons. The van der Waals surface area contributed by atoms with Gasteiger partial charge in [0.05, 0.1) is 12.1 Å². The molecule has 0 aliphatic carbocycles. The first-order valence-corrected chi connectivity index (χ1v) is 8.12. The van der Waals surface area contributed by atoms with Crippen molar-refractivity contribution in [1.82, 2.24) is 5.32 Å². The van der Waals surface area contributed by atoms with Crippen LogP contribution in [0.4, 0.5) is 4.79 Å². The summed E-state index contributed by atoms with van der Waals surface area (Å²) in [4.78, 5) is 11.8. The van der Waals surface area contributed by atoms with Gasteiger partial charge in [0.1, 0.15) is 5.60 Å². The lowest BCUT2D eigenvalue weighted by Gasteiger charge is -2.26. The number of aliphatic hydroxyl groups is 1. The van der Waals surface area contributed by atoms with E-state index in [0.29, 0.717) is 10.8 Å². The Morgan fingerprint density at radius 3 is 2.45 bits per heavy atom. The smallest absolute Gasteiger partial charge is 0.407 e. The number of hydrogen-bond donors (Lipinski definition) is 2. The number of aliphatic hydroxyl groups excluding tert-OH is 1. The maximum absolute atomic E-state index is 11.8. The molecule has 0 saturated carbocycles. The maximum atomic E-state index is 11.8. The van der Waals surface area contributed by atoms with Gasteiger partial charge in [0, 0.05) is 4.43 Å². The predicted octanol–water partition coefficient (Wildman–Crippen LogP) is 2.92. The second-order valence-electron chi connectivity index (χ2n) is 5.66. The van der Waals surface area contributed by atoms with Crippen molar-refractivity contribution in [1.29, 1.82) is 0 Å². The number of halogens is 1. The van der Waals surface area contributed by atoms with Gasteiger partial charge in [-0.25, -0.2) is 4.79 Å². The van der Waals surface area contributed by atoms with Crippen LogP contribution in [0.1, 0.15) is 26.3 Å². The quantitative estimate of drug-likeness (QED) is 0.600. The molecule has 1 rings (SSSR count). The minimum absolute atomic E-state index is 0.357. The molecule has 0 saturated heterocycles. The van der Waals surface area contributed by atoms with Gasteiger partial charge in [-0.1, -0.05) is 52.9 Å². The fourth-order valence-electron chi connectivity index (χ4n) is 1.72. The summed E-state index contributed by atoms with van der Waals surface area (Å²) in [5, 5.41) is 12.8. The molecule has 1 aromatic carbocycles. The van der Waals surface area contributed by atoms with Crippen LogP contribution in [0.3, 0.4) is 0 Å². The molecule has 0 aliphatic rings. The molecule has 0 heterocycles. The van der Waals surface area contributed by atoms with E-state index in [1.165, 1.54) is 0 Å². The summed E-state index contributed by atoms with van der Waals surface area (Å²) in [6.45, 7) is 5.44. The zero-order valence-electron chi connectivity index (χ0n) is 12.1. The van der Waals surface area contributed by atoms with Crippen LogP contribution in [0.15, 0.2) is 30.3 Å². The summed E-state index contributed by atoms with van der Waals surface area (Å²) in [5.41, 5.74) is 0.522. The highest BCUT2D eigenvalue weighted by atomic mass is 127. The van der Waals surface area contributed by atoms with Crippen molar-refractivity contribution in [2.24, 2.45) is 0 Å². The third kappa shape index (κ3) is 6.56. The van der Waals surface area contributed by atoms with Crippen LogP contribution in [0.5, 0.6) is 0 Å². The molecule has 0 unspecified atom stereocenters. The van der Waals surface area contributed by atoms with E-state index >= 15 is 0 Å². The first-order chi connectivity index (χ1) is 9.31. The number of carbonyl (C=O) groups is 1. The van der Waals surface area contributed by atoms with Crippen LogP contribution in [-0.4, -0.2) is 33.4 Å². The average Bonchev–Trinajstić information content (AvgIpc) is 2.36. The zero-order chi connectivity index (χ0) is 15.2. The number of ether oxygens (including phenoxy) is 1.